The van der Waals surface area contributed by atoms with Crippen molar-refractivity contribution in [3.8, 4) is 0 Å². The van der Waals surface area contributed by atoms with Crippen LogP contribution in [0.3, 0.4) is 0 Å². The topological polar surface area (TPSA) is 19.7 Å². The van der Waals surface area contributed by atoms with Crippen molar-refractivity contribution in [2.24, 2.45) is 7.05 Å². The summed E-state index contributed by atoms with van der Waals surface area (Å²) >= 11 is 0. The van der Waals surface area contributed by atoms with E-state index in [1.807, 2.05) is 0 Å². The highest BCUT2D eigenvalue weighted by Gasteiger charge is 2.19. The van der Waals surface area contributed by atoms with Gasteiger partial charge in [-0.3, -0.25) is 0 Å². The molecule has 1 atom stereocenters. The number of unbranched alkanes of at least 4 members (excludes halogenated alkanes) is 15. The molecule has 0 amide bonds. The lowest BCUT2D eigenvalue weighted by Gasteiger charge is -2.11. The molecule has 0 fully saturated rings. The number of nitrogens with one attached hydrogen (secondary N) is 1. The minimum absolute atomic E-state index is 0.719. The molecular formula is C26H51N2+. The van der Waals surface area contributed by atoms with Crippen LogP contribution < -0.4 is 4.57 Å². The molecule has 0 aliphatic carbocycles. The van der Waals surface area contributed by atoms with Gasteiger partial charge in [0.05, 0.1) is 13.0 Å². The van der Waals surface area contributed by atoms with Crippen molar-refractivity contribution in [2.75, 3.05) is 0 Å². The van der Waals surface area contributed by atoms with E-state index >= 15 is 0 Å². The van der Waals surface area contributed by atoms with E-state index in [2.05, 4.69) is 42.8 Å². The van der Waals surface area contributed by atoms with Crippen molar-refractivity contribution in [3.05, 3.63) is 18.2 Å². The summed E-state index contributed by atoms with van der Waals surface area (Å²) in [5.41, 5.74) is 0. The van der Waals surface area contributed by atoms with Gasteiger partial charge in [0.1, 0.15) is 12.4 Å². The van der Waals surface area contributed by atoms with Gasteiger partial charge >= 0.3 is 0 Å². The minimum Gasteiger partial charge on any atom is -0.247 e. The summed E-state index contributed by atoms with van der Waals surface area (Å²) < 4.78 is 2.27. The largest absolute Gasteiger partial charge is 0.257 e. The SMILES string of the molecule is CCCCCCCCCCCCCCCCCC[C@H](CCC)c1[nH]cc[n+]1C. The van der Waals surface area contributed by atoms with E-state index in [0.717, 1.165) is 5.92 Å². The lowest BCUT2D eigenvalue weighted by Crippen LogP contribution is -2.32. The van der Waals surface area contributed by atoms with Gasteiger partial charge in [0, 0.05) is 0 Å². The van der Waals surface area contributed by atoms with Crippen LogP contribution in [-0.4, -0.2) is 4.98 Å². The first-order valence-corrected chi connectivity index (χ1v) is 12.8. The van der Waals surface area contributed by atoms with Crippen LogP contribution in [0.1, 0.15) is 148 Å². The number of H-pyrrole nitrogens is 1. The Hall–Kier alpha value is -0.790. The maximum absolute atomic E-state index is 3.46. The van der Waals surface area contributed by atoms with Crippen molar-refractivity contribution in [3.63, 3.8) is 0 Å². The molecule has 0 bridgehead atoms. The number of imidazole rings is 1. The van der Waals surface area contributed by atoms with Gasteiger partial charge in [-0.05, 0) is 12.8 Å². The molecule has 0 aromatic carbocycles. The molecule has 1 aromatic heterocycles. The number of hydrogen-bond donors (Lipinski definition) is 1. The summed E-state index contributed by atoms with van der Waals surface area (Å²) in [5, 5.41) is 0. The molecule has 0 aliphatic heterocycles. The highest BCUT2D eigenvalue weighted by atomic mass is 15.0. The van der Waals surface area contributed by atoms with Gasteiger partial charge < -0.3 is 0 Å². The Morgan fingerprint density at radius 1 is 0.643 bits per heavy atom. The maximum Gasteiger partial charge on any atom is 0.257 e. The highest BCUT2D eigenvalue weighted by Crippen LogP contribution is 2.24. The molecule has 2 heteroatoms. The van der Waals surface area contributed by atoms with Crippen molar-refractivity contribution in [1.29, 1.82) is 0 Å². The summed E-state index contributed by atoms with van der Waals surface area (Å²) in [7, 11) is 2.17. The first kappa shape index (κ1) is 25.2. The summed E-state index contributed by atoms with van der Waals surface area (Å²) in [6, 6.07) is 0. The van der Waals surface area contributed by atoms with Crippen molar-refractivity contribution >= 4 is 0 Å². The fourth-order valence-corrected chi connectivity index (χ4v) is 4.53. The van der Waals surface area contributed by atoms with Crippen molar-refractivity contribution in [1.82, 2.24) is 4.98 Å². The third kappa shape index (κ3) is 12.6. The van der Waals surface area contributed by atoms with Crippen LogP contribution >= 0.6 is 0 Å². The average molecular weight is 392 g/mol. The van der Waals surface area contributed by atoms with Gasteiger partial charge in [0.15, 0.2) is 0 Å². The first-order chi connectivity index (χ1) is 13.8. The summed E-state index contributed by atoms with van der Waals surface area (Å²) in [6.07, 6.45) is 31.4. The second kappa shape index (κ2) is 18.3. The fourth-order valence-electron chi connectivity index (χ4n) is 4.53. The molecule has 0 aliphatic rings. The Balaban J connectivity index is 1.86. The first-order valence-electron chi connectivity index (χ1n) is 12.8. The van der Waals surface area contributed by atoms with Crippen LogP contribution in [-0.2, 0) is 7.05 Å². The molecular weight excluding hydrogens is 340 g/mol. The second-order valence-electron chi connectivity index (χ2n) is 9.03. The van der Waals surface area contributed by atoms with E-state index in [1.165, 1.54) is 128 Å². The van der Waals surface area contributed by atoms with Crippen LogP contribution in [0.5, 0.6) is 0 Å². The van der Waals surface area contributed by atoms with Crippen LogP contribution in [0, 0.1) is 0 Å². The number of aromatic nitrogens is 2. The zero-order chi connectivity index (χ0) is 20.3. The van der Waals surface area contributed by atoms with Crippen molar-refractivity contribution < 1.29 is 4.57 Å². The molecule has 0 radical (unpaired) electrons. The number of aryl methyl sites for hydroxylation is 1. The molecule has 0 saturated carbocycles. The van der Waals surface area contributed by atoms with Gasteiger partial charge in [-0.15, -0.1) is 0 Å². The number of hydrogen-bond acceptors (Lipinski definition) is 0. The molecule has 0 saturated heterocycles. The Kier molecular flexibility index (Phi) is 16.5. The summed E-state index contributed by atoms with van der Waals surface area (Å²) in [4.78, 5) is 3.46. The molecule has 1 heterocycles. The smallest absolute Gasteiger partial charge is 0.247 e. The van der Waals surface area contributed by atoms with Crippen LogP contribution in [0.4, 0.5) is 0 Å². The fraction of sp³-hybridized carbons (Fsp3) is 0.885. The van der Waals surface area contributed by atoms with E-state index in [-0.39, 0.29) is 0 Å². The quantitative estimate of drug-likeness (QED) is 0.170. The summed E-state index contributed by atoms with van der Waals surface area (Å²) in [6.45, 7) is 4.61. The van der Waals surface area contributed by atoms with Gasteiger partial charge in [-0.25, -0.2) is 9.55 Å². The molecule has 164 valence electrons. The van der Waals surface area contributed by atoms with E-state index < -0.39 is 0 Å². The highest BCUT2D eigenvalue weighted by molar-refractivity contribution is 4.89. The molecule has 0 spiro atoms. The Labute approximate surface area is 176 Å². The normalized spacial score (nSPS) is 12.5. The van der Waals surface area contributed by atoms with Gasteiger partial charge in [-0.2, -0.15) is 0 Å². The van der Waals surface area contributed by atoms with E-state index in [4.69, 9.17) is 0 Å². The van der Waals surface area contributed by atoms with E-state index in [0.29, 0.717) is 0 Å². The molecule has 1 N–H and O–H groups in total. The Morgan fingerprint density at radius 2 is 1.11 bits per heavy atom. The predicted molar refractivity (Wildman–Crippen MR) is 124 cm³/mol. The maximum atomic E-state index is 3.46. The Bertz CT molecular complexity index is 437. The lowest BCUT2D eigenvalue weighted by atomic mass is 9.95. The average Bonchev–Trinajstić information content (AvgIpc) is 3.12. The molecule has 1 rings (SSSR count). The number of aromatic amines is 1. The molecule has 28 heavy (non-hydrogen) atoms. The van der Waals surface area contributed by atoms with Crippen LogP contribution in [0.25, 0.3) is 0 Å². The predicted octanol–water partition coefficient (Wildman–Crippen LogP) is 8.37. The molecule has 1 aromatic rings. The monoisotopic (exact) mass is 391 g/mol. The minimum atomic E-state index is 0.719. The van der Waals surface area contributed by atoms with Crippen LogP contribution in [0.15, 0.2) is 12.4 Å². The number of nitrogens with zero attached hydrogens (tertiary/aromatic N) is 1. The third-order valence-corrected chi connectivity index (χ3v) is 6.34. The standard InChI is InChI=1S/C26H50N2/c1-4-6-7-8-9-10-11-12-13-14-15-16-17-18-19-20-22-25(21-5-2)26-27-23-24-28(26)3/h23-25H,4-22H2,1-3H3/p+1/t25-/m0/s1. The molecule has 2 nitrogen and oxygen atoms in total. The van der Waals surface area contributed by atoms with Gasteiger partial charge in [0.2, 0.25) is 0 Å². The summed E-state index contributed by atoms with van der Waals surface area (Å²) in [5.74, 6) is 2.14. The lowest BCUT2D eigenvalue weighted by molar-refractivity contribution is -0.679. The molecule has 0 unspecified atom stereocenters. The van der Waals surface area contributed by atoms with Gasteiger partial charge in [0.25, 0.3) is 5.82 Å². The zero-order valence-corrected chi connectivity index (χ0v) is 19.6. The number of rotatable bonds is 20. The second-order valence-corrected chi connectivity index (χ2v) is 9.03. The van der Waals surface area contributed by atoms with E-state index in [9.17, 15) is 0 Å². The van der Waals surface area contributed by atoms with E-state index in [1.54, 1.807) is 0 Å². The van der Waals surface area contributed by atoms with Gasteiger partial charge in [-0.1, -0.05) is 123 Å². The zero-order valence-electron chi connectivity index (χ0n) is 19.6. The Morgan fingerprint density at radius 3 is 1.50 bits per heavy atom. The van der Waals surface area contributed by atoms with Crippen LogP contribution in [0.2, 0.25) is 0 Å². The van der Waals surface area contributed by atoms with Crippen molar-refractivity contribution in [2.45, 2.75) is 142 Å². The third-order valence-electron chi connectivity index (χ3n) is 6.34.